The van der Waals surface area contributed by atoms with Crippen LogP contribution in [0.15, 0.2) is 85.2 Å². The van der Waals surface area contributed by atoms with Gasteiger partial charge in [0.15, 0.2) is 11.3 Å². The molecule has 66 heavy (non-hydrogen) atoms. The Kier molecular flexibility index (Phi) is 20.2. The number of nitrogens with one attached hydrogen (secondary N) is 4. The Labute approximate surface area is 389 Å². The molecule has 2 unspecified atom stereocenters. The van der Waals surface area contributed by atoms with Crippen molar-refractivity contribution in [3.8, 4) is 22.5 Å². The molecule has 0 aliphatic heterocycles. The van der Waals surface area contributed by atoms with Gasteiger partial charge in [-0.1, -0.05) is 88.4 Å². The van der Waals surface area contributed by atoms with Crippen LogP contribution < -0.4 is 21.3 Å². The van der Waals surface area contributed by atoms with E-state index in [0.717, 1.165) is 98.8 Å². The summed E-state index contributed by atoms with van der Waals surface area (Å²) in [4.78, 5) is 56.6. The van der Waals surface area contributed by atoms with Crippen molar-refractivity contribution in [2.45, 2.75) is 93.2 Å². The Hall–Kier alpha value is -6.52. The van der Waals surface area contributed by atoms with E-state index < -0.39 is 12.2 Å². The van der Waals surface area contributed by atoms with Crippen LogP contribution in [-0.4, -0.2) is 116 Å². The lowest BCUT2D eigenvalue weighted by molar-refractivity contribution is 0.167. The molecule has 0 radical (unpaired) electrons. The van der Waals surface area contributed by atoms with E-state index in [1.54, 1.807) is 38.4 Å². The molecule has 4 heterocycles. The lowest BCUT2D eigenvalue weighted by Gasteiger charge is -2.21. The average Bonchev–Trinajstić information content (AvgIpc) is 3.32. The highest BCUT2D eigenvalue weighted by Gasteiger charge is 2.17. The average molecular weight is 901 g/mol. The van der Waals surface area contributed by atoms with E-state index in [4.69, 9.17) is 19.4 Å². The molecular formula is C50H68N12O4. The Morgan fingerprint density at radius 3 is 1.47 bits per heavy atom. The maximum atomic E-state index is 12.0. The van der Waals surface area contributed by atoms with E-state index >= 15 is 0 Å². The zero-order valence-electron chi connectivity index (χ0n) is 39.9. The molecule has 6 aromatic rings. The third-order valence-electron chi connectivity index (χ3n) is 11.0. The number of hydrogen-bond acceptors (Lipinski definition) is 14. The Morgan fingerprint density at radius 1 is 0.561 bits per heavy atom. The number of nitrogens with zero attached hydrogens (tertiary/aromatic N) is 8. The summed E-state index contributed by atoms with van der Waals surface area (Å²) >= 11 is 0. The zero-order chi connectivity index (χ0) is 47.3. The Morgan fingerprint density at radius 2 is 1.00 bits per heavy atom. The van der Waals surface area contributed by atoms with Crippen molar-refractivity contribution in [3.05, 3.63) is 85.2 Å². The monoisotopic (exact) mass is 901 g/mol. The summed E-state index contributed by atoms with van der Waals surface area (Å²) in [6.45, 7) is 23.6. The lowest BCUT2D eigenvalue weighted by Crippen LogP contribution is -2.25. The standard InChI is InChI=1S/2C25H34N6O2/c1-5-31(6-2)15-11-12-18(4)27-20-16-22(30-25(32)33-7-3)29-24-23(20)28-21(17-26-24)19-13-9-8-10-14-19;1-5-31(6-2)15-11-12-18(4)27-20-16-22(30-25(32)33-7-3)29-24-23(20)26-17-21(28-24)19-13-9-8-10-14-19/h8-10,13-14,16-18H,5-7,11-12,15H2,1-4H3,(H2,26,27,29,30,32);8-10,13-14,16-18H,5-7,11-12,15H2,1-4H3,(H2,27,28,29,30,32). The van der Waals surface area contributed by atoms with Gasteiger partial charge < -0.3 is 29.9 Å². The Bertz CT molecular complexity index is 2420. The van der Waals surface area contributed by atoms with Crippen LogP contribution in [0.1, 0.15) is 81.1 Å². The smallest absolute Gasteiger partial charge is 0.412 e. The van der Waals surface area contributed by atoms with Crippen molar-refractivity contribution in [2.75, 3.05) is 73.7 Å². The van der Waals surface area contributed by atoms with Crippen molar-refractivity contribution in [1.82, 2.24) is 39.7 Å². The molecule has 2 amide bonds. The number of hydrogen-bond donors (Lipinski definition) is 4. The number of carbonyl (C=O) groups excluding carboxylic acids is 2. The number of carbonyl (C=O) groups is 2. The van der Waals surface area contributed by atoms with Crippen molar-refractivity contribution in [2.24, 2.45) is 0 Å². The summed E-state index contributed by atoms with van der Waals surface area (Å²) in [6, 6.07) is 23.8. The third kappa shape index (κ3) is 15.3. The first-order valence-corrected chi connectivity index (χ1v) is 23.4. The number of amides is 2. The Balaban J connectivity index is 0.000000247. The SMILES string of the molecule is CCOC(=O)Nc1cc(NC(C)CCCN(CC)CC)c2nc(-c3ccccc3)cnc2n1.CCOC(=O)Nc1cc(NC(C)CCCN(CC)CC)c2ncc(-c3ccccc3)nc2n1. The second-order valence-electron chi connectivity index (χ2n) is 15.8. The molecule has 0 saturated heterocycles. The fourth-order valence-electron chi connectivity index (χ4n) is 7.38. The number of anilines is 4. The molecule has 2 atom stereocenters. The van der Waals surface area contributed by atoms with Gasteiger partial charge >= 0.3 is 12.2 Å². The van der Waals surface area contributed by atoms with Gasteiger partial charge in [0.05, 0.1) is 48.4 Å². The highest BCUT2D eigenvalue weighted by atomic mass is 16.6. The summed E-state index contributed by atoms with van der Waals surface area (Å²) in [5.41, 5.74) is 7.26. The number of rotatable bonds is 22. The van der Waals surface area contributed by atoms with Gasteiger partial charge in [0.25, 0.3) is 0 Å². The maximum absolute atomic E-state index is 12.0. The minimum absolute atomic E-state index is 0.212. The molecule has 4 N–H and O–H groups in total. The quantitative estimate of drug-likeness (QED) is 0.0504. The van der Waals surface area contributed by atoms with Crippen molar-refractivity contribution in [3.63, 3.8) is 0 Å². The number of aromatic nitrogens is 6. The number of fused-ring (bicyclic) bond motifs is 2. The fourth-order valence-corrected chi connectivity index (χ4v) is 7.38. The largest absolute Gasteiger partial charge is 0.450 e. The molecule has 0 bridgehead atoms. The molecule has 0 aliphatic carbocycles. The maximum Gasteiger partial charge on any atom is 0.412 e. The predicted molar refractivity (Wildman–Crippen MR) is 267 cm³/mol. The molecule has 6 rings (SSSR count). The van der Waals surface area contributed by atoms with Crippen LogP contribution in [0.2, 0.25) is 0 Å². The molecule has 352 valence electrons. The minimum atomic E-state index is -0.547. The van der Waals surface area contributed by atoms with Gasteiger partial charge in [-0.25, -0.2) is 39.5 Å². The van der Waals surface area contributed by atoms with Gasteiger partial charge in [-0.15, -0.1) is 0 Å². The number of pyridine rings is 2. The van der Waals surface area contributed by atoms with Gasteiger partial charge in [0, 0.05) is 35.3 Å². The van der Waals surface area contributed by atoms with Gasteiger partial charge in [0.2, 0.25) is 0 Å². The van der Waals surface area contributed by atoms with Gasteiger partial charge in [-0.2, -0.15) is 0 Å². The van der Waals surface area contributed by atoms with Crippen LogP contribution in [-0.2, 0) is 9.47 Å². The van der Waals surface area contributed by atoms with E-state index in [1.165, 1.54) is 0 Å². The van der Waals surface area contributed by atoms with E-state index in [0.29, 0.717) is 34.0 Å². The molecule has 0 fully saturated rings. The van der Waals surface area contributed by atoms with E-state index in [1.807, 2.05) is 60.7 Å². The molecule has 2 aromatic carbocycles. The summed E-state index contributed by atoms with van der Waals surface area (Å²) in [5, 5.41) is 12.5. The molecule has 4 aromatic heterocycles. The van der Waals surface area contributed by atoms with Gasteiger partial charge in [0.1, 0.15) is 22.7 Å². The van der Waals surface area contributed by atoms with Crippen molar-refractivity contribution < 1.29 is 19.1 Å². The van der Waals surface area contributed by atoms with Crippen LogP contribution in [0, 0.1) is 0 Å². The van der Waals surface area contributed by atoms with Crippen LogP contribution in [0.4, 0.5) is 32.6 Å². The molecule has 0 saturated carbocycles. The van der Waals surface area contributed by atoms with E-state index in [2.05, 4.69) is 92.5 Å². The molecule has 16 nitrogen and oxygen atoms in total. The fraction of sp³-hybridized carbons (Fsp3) is 0.440. The summed E-state index contributed by atoms with van der Waals surface area (Å²) in [7, 11) is 0. The zero-order valence-corrected chi connectivity index (χ0v) is 39.9. The van der Waals surface area contributed by atoms with Crippen LogP contribution in [0.25, 0.3) is 44.8 Å². The first kappa shape index (κ1) is 50.5. The van der Waals surface area contributed by atoms with Gasteiger partial charge in [-0.3, -0.25) is 10.6 Å². The number of benzene rings is 2. The van der Waals surface area contributed by atoms with Crippen molar-refractivity contribution >= 4 is 57.5 Å². The van der Waals surface area contributed by atoms with Crippen LogP contribution >= 0.6 is 0 Å². The number of ether oxygens (including phenoxy) is 2. The normalized spacial score (nSPS) is 12.0. The topological polar surface area (TPSA) is 185 Å². The minimum Gasteiger partial charge on any atom is -0.450 e. The van der Waals surface area contributed by atoms with Crippen LogP contribution in [0.5, 0.6) is 0 Å². The third-order valence-corrected chi connectivity index (χ3v) is 11.0. The second kappa shape index (κ2) is 26.4. The molecule has 0 spiro atoms. The predicted octanol–water partition coefficient (Wildman–Crippen LogP) is 10.4. The first-order valence-electron chi connectivity index (χ1n) is 23.4. The highest BCUT2D eigenvalue weighted by Crippen LogP contribution is 2.29. The van der Waals surface area contributed by atoms with Crippen molar-refractivity contribution in [1.29, 1.82) is 0 Å². The second-order valence-corrected chi connectivity index (χ2v) is 15.8. The first-order chi connectivity index (χ1) is 32.1. The summed E-state index contributed by atoms with van der Waals surface area (Å²) in [6.07, 6.45) is 6.57. The van der Waals surface area contributed by atoms with Gasteiger partial charge in [-0.05, 0) is 92.6 Å². The highest BCUT2D eigenvalue weighted by molar-refractivity contribution is 5.93. The molecule has 16 heteroatoms. The summed E-state index contributed by atoms with van der Waals surface area (Å²) in [5.74, 6) is 0.749. The van der Waals surface area contributed by atoms with E-state index in [-0.39, 0.29) is 25.3 Å². The van der Waals surface area contributed by atoms with E-state index in [9.17, 15) is 9.59 Å². The lowest BCUT2D eigenvalue weighted by atomic mass is 10.1. The molecule has 0 aliphatic rings. The molecular weight excluding hydrogens is 833 g/mol. The summed E-state index contributed by atoms with van der Waals surface area (Å²) < 4.78 is 10.0. The van der Waals surface area contributed by atoms with Crippen LogP contribution in [0.3, 0.4) is 0 Å².